The van der Waals surface area contributed by atoms with E-state index < -0.39 is 18.6 Å². The second-order valence-corrected chi connectivity index (χ2v) is 8.79. The lowest BCUT2D eigenvalue weighted by atomic mass is 10.0. The van der Waals surface area contributed by atoms with Crippen LogP contribution in [0.3, 0.4) is 0 Å². The monoisotopic (exact) mass is 453 g/mol. The molecule has 1 aromatic carbocycles. The average Bonchev–Trinajstić information content (AvgIpc) is 3.38. The van der Waals surface area contributed by atoms with Gasteiger partial charge < -0.3 is 10.1 Å². The summed E-state index contributed by atoms with van der Waals surface area (Å²) in [5.41, 5.74) is 2.96. The lowest BCUT2D eigenvalue weighted by Crippen LogP contribution is -2.46. The summed E-state index contributed by atoms with van der Waals surface area (Å²) >= 11 is 1.48. The maximum Gasteiger partial charge on any atom is 0.329 e. The maximum atomic E-state index is 12.8. The van der Waals surface area contributed by atoms with Crippen LogP contribution in [-0.2, 0) is 20.7 Å². The number of hydrogen-bond donors (Lipinski definition) is 1. The van der Waals surface area contributed by atoms with Gasteiger partial charge in [-0.05, 0) is 31.4 Å². The van der Waals surface area contributed by atoms with Crippen molar-refractivity contribution in [3.63, 3.8) is 0 Å². The second kappa shape index (κ2) is 10.4. The van der Waals surface area contributed by atoms with Crippen molar-refractivity contribution in [1.82, 2.24) is 14.9 Å². The number of aryl methyl sites for hydroxylation is 1. The molecule has 0 spiro atoms. The van der Waals surface area contributed by atoms with Crippen LogP contribution in [0.15, 0.2) is 48.0 Å². The van der Waals surface area contributed by atoms with E-state index in [1.165, 1.54) is 11.3 Å². The van der Waals surface area contributed by atoms with Crippen LogP contribution >= 0.6 is 11.3 Å². The lowest BCUT2D eigenvalue weighted by Gasteiger charge is -2.20. The van der Waals surface area contributed by atoms with Gasteiger partial charge in [0.25, 0.3) is 0 Å². The van der Waals surface area contributed by atoms with Crippen molar-refractivity contribution < 1.29 is 19.1 Å². The van der Waals surface area contributed by atoms with E-state index in [9.17, 15) is 14.4 Å². The fraction of sp³-hybridized carbons (Fsp3) is 0.333. The van der Waals surface area contributed by atoms with E-state index in [1.807, 2.05) is 68.0 Å². The topological polar surface area (TPSA) is 90.3 Å². The maximum absolute atomic E-state index is 12.8. The van der Waals surface area contributed by atoms with Crippen LogP contribution in [0.1, 0.15) is 41.2 Å². The van der Waals surface area contributed by atoms with Crippen LogP contribution in [0.4, 0.5) is 0 Å². The minimum absolute atomic E-state index is 0.166. The number of hydrogen-bond acceptors (Lipinski definition) is 6. The zero-order valence-electron chi connectivity index (χ0n) is 18.6. The number of ether oxygens (including phenoxy) is 1. The summed E-state index contributed by atoms with van der Waals surface area (Å²) in [6.07, 6.45) is 1.87. The summed E-state index contributed by atoms with van der Waals surface area (Å²) in [4.78, 5) is 42.1. The van der Waals surface area contributed by atoms with Gasteiger partial charge in [0.1, 0.15) is 6.04 Å². The van der Waals surface area contributed by atoms with Crippen molar-refractivity contribution in [2.75, 3.05) is 6.61 Å². The Kier molecular flexibility index (Phi) is 7.58. The van der Waals surface area contributed by atoms with E-state index in [0.29, 0.717) is 5.56 Å². The molecule has 168 valence electrons. The van der Waals surface area contributed by atoms with E-state index in [0.717, 1.165) is 22.1 Å². The number of rotatable bonds is 9. The van der Waals surface area contributed by atoms with Gasteiger partial charge in [0.2, 0.25) is 11.7 Å². The van der Waals surface area contributed by atoms with Gasteiger partial charge in [-0.1, -0.05) is 44.2 Å². The van der Waals surface area contributed by atoms with Gasteiger partial charge in [0.05, 0.1) is 6.42 Å². The van der Waals surface area contributed by atoms with Gasteiger partial charge in [-0.25, -0.2) is 9.78 Å². The summed E-state index contributed by atoms with van der Waals surface area (Å²) in [6.45, 7) is 6.98. The molecule has 32 heavy (non-hydrogen) atoms. The number of nitrogens with zero attached hydrogens (tertiary/aromatic N) is 2. The van der Waals surface area contributed by atoms with E-state index >= 15 is 0 Å². The summed E-state index contributed by atoms with van der Waals surface area (Å²) in [7, 11) is 0. The first kappa shape index (κ1) is 23.4. The van der Waals surface area contributed by atoms with Gasteiger partial charge >= 0.3 is 5.97 Å². The Bertz CT molecular complexity index is 1090. The fourth-order valence-electron chi connectivity index (χ4n) is 3.47. The van der Waals surface area contributed by atoms with Crippen molar-refractivity contribution in [2.24, 2.45) is 5.92 Å². The molecule has 8 heteroatoms. The van der Waals surface area contributed by atoms with E-state index in [1.54, 1.807) is 12.3 Å². The molecule has 1 N–H and O–H groups in total. The zero-order chi connectivity index (χ0) is 23.3. The molecule has 2 aromatic heterocycles. The molecule has 0 saturated carbocycles. The first-order chi connectivity index (χ1) is 15.3. The molecule has 7 nitrogen and oxygen atoms in total. The Morgan fingerprint density at radius 2 is 1.88 bits per heavy atom. The molecule has 0 aliphatic rings. The summed E-state index contributed by atoms with van der Waals surface area (Å²) in [6, 6.07) is 10.2. The van der Waals surface area contributed by atoms with Crippen LogP contribution in [0, 0.1) is 19.8 Å². The average molecular weight is 454 g/mol. The van der Waals surface area contributed by atoms with Crippen LogP contribution in [0.2, 0.25) is 0 Å². The molecule has 0 aliphatic carbocycles. The number of ketones is 1. The number of Topliss-reactive ketones (excluding diaryl/α,β-unsaturated/α-hetero) is 1. The van der Waals surface area contributed by atoms with Crippen molar-refractivity contribution in [2.45, 2.75) is 40.2 Å². The third-order valence-electron chi connectivity index (χ3n) is 5.13. The van der Waals surface area contributed by atoms with Crippen LogP contribution in [0.25, 0.3) is 5.13 Å². The Morgan fingerprint density at radius 3 is 2.50 bits per heavy atom. The highest BCUT2D eigenvalue weighted by molar-refractivity contribution is 7.12. The summed E-state index contributed by atoms with van der Waals surface area (Å²) in [5.74, 6) is -1.38. The van der Waals surface area contributed by atoms with E-state index in [2.05, 4.69) is 10.3 Å². The molecule has 3 aromatic rings. The first-order valence-corrected chi connectivity index (χ1v) is 11.3. The highest BCUT2D eigenvalue weighted by Crippen LogP contribution is 2.22. The van der Waals surface area contributed by atoms with Gasteiger partial charge in [-0.3, -0.25) is 14.2 Å². The molecular weight excluding hydrogens is 426 g/mol. The molecule has 2 heterocycles. The van der Waals surface area contributed by atoms with Gasteiger partial charge in [0, 0.05) is 28.5 Å². The lowest BCUT2D eigenvalue weighted by molar-refractivity contribution is -0.148. The van der Waals surface area contributed by atoms with Crippen LogP contribution in [-0.4, -0.2) is 39.9 Å². The predicted octanol–water partition coefficient (Wildman–Crippen LogP) is 3.66. The Morgan fingerprint density at radius 1 is 1.16 bits per heavy atom. The smallest absolute Gasteiger partial charge is 0.329 e. The largest absolute Gasteiger partial charge is 0.456 e. The summed E-state index contributed by atoms with van der Waals surface area (Å²) in [5, 5.41) is 5.38. The predicted molar refractivity (Wildman–Crippen MR) is 123 cm³/mol. The molecule has 3 rings (SSSR count). The van der Waals surface area contributed by atoms with Gasteiger partial charge in [-0.15, -0.1) is 11.3 Å². The zero-order valence-corrected chi connectivity index (χ0v) is 19.4. The third-order valence-corrected chi connectivity index (χ3v) is 5.89. The third kappa shape index (κ3) is 5.50. The molecule has 1 atom stereocenters. The van der Waals surface area contributed by atoms with Gasteiger partial charge in [0.15, 0.2) is 11.7 Å². The number of carbonyl (C=O) groups is 3. The second-order valence-electron chi connectivity index (χ2n) is 7.92. The number of carbonyl (C=O) groups excluding carboxylic acids is 3. The molecule has 0 aliphatic heterocycles. The number of aromatic nitrogens is 2. The Hall–Kier alpha value is -3.26. The SMILES string of the molecule is Cc1cc(C(=O)COC(=O)C(NC(=O)Cc2ccccc2)C(C)C)c(C)n1-c1nccs1. The van der Waals surface area contributed by atoms with Crippen molar-refractivity contribution in [3.8, 4) is 5.13 Å². The minimum Gasteiger partial charge on any atom is -0.456 e. The summed E-state index contributed by atoms with van der Waals surface area (Å²) < 4.78 is 7.21. The molecule has 0 bridgehead atoms. The quantitative estimate of drug-likeness (QED) is 0.394. The molecule has 0 fully saturated rings. The molecule has 0 radical (unpaired) electrons. The minimum atomic E-state index is -0.832. The van der Waals surface area contributed by atoms with Crippen molar-refractivity contribution in [1.29, 1.82) is 0 Å². The number of benzene rings is 1. The molecule has 0 saturated heterocycles. The van der Waals surface area contributed by atoms with Crippen molar-refractivity contribution in [3.05, 3.63) is 70.5 Å². The van der Waals surface area contributed by atoms with Crippen molar-refractivity contribution >= 4 is 29.0 Å². The number of esters is 1. The highest BCUT2D eigenvalue weighted by atomic mass is 32.1. The van der Waals surface area contributed by atoms with Crippen LogP contribution < -0.4 is 5.32 Å². The number of amides is 1. The fourth-order valence-corrected chi connectivity index (χ4v) is 4.22. The Balaban J connectivity index is 1.62. The number of thiazole rings is 1. The molecule has 1 amide bonds. The highest BCUT2D eigenvalue weighted by Gasteiger charge is 2.27. The molecule has 1 unspecified atom stereocenters. The number of nitrogens with one attached hydrogen (secondary N) is 1. The van der Waals surface area contributed by atoms with E-state index in [4.69, 9.17) is 4.74 Å². The van der Waals surface area contributed by atoms with Crippen LogP contribution in [0.5, 0.6) is 0 Å². The Labute approximate surface area is 191 Å². The van der Waals surface area contributed by atoms with E-state index in [-0.39, 0.29) is 24.0 Å². The van der Waals surface area contributed by atoms with Gasteiger partial charge in [-0.2, -0.15) is 0 Å². The standard InChI is InChI=1S/C24H27N3O4S/c1-15(2)22(26-21(29)13-18-8-6-5-7-9-18)23(30)31-14-20(28)19-12-16(3)27(17(19)4)24-25-10-11-32-24/h5-12,15,22H,13-14H2,1-4H3,(H,26,29). The first-order valence-electron chi connectivity index (χ1n) is 10.4. The molecular formula is C24H27N3O4S. The normalized spacial score (nSPS) is 11.9.